The van der Waals surface area contributed by atoms with Crippen molar-refractivity contribution in [2.75, 3.05) is 0 Å². The average Bonchev–Trinajstić information content (AvgIpc) is 3.00. The largest absolute Gasteiger partial charge is 0.406 e. The highest BCUT2D eigenvalue weighted by Gasteiger charge is 2.25. The minimum atomic E-state index is -1.95. The molecule has 0 aliphatic rings. The Hall–Kier alpha value is -0.793. The highest BCUT2D eigenvalue weighted by molar-refractivity contribution is 7.79. The smallest absolute Gasteiger partial charge is 0.187 e. The van der Waals surface area contributed by atoms with Crippen LogP contribution in [0.25, 0.3) is 0 Å². The Morgan fingerprint density at radius 1 is 1.25 bits per heavy atom. The van der Waals surface area contributed by atoms with E-state index in [0.29, 0.717) is 4.90 Å². The zero-order valence-electron chi connectivity index (χ0n) is 14.7. The first kappa shape index (κ1) is 19.5. The summed E-state index contributed by atoms with van der Waals surface area (Å²) in [6, 6.07) is 10.4. The second kappa shape index (κ2) is 8.54. The van der Waals surface area contributed by atoms with Gasteiger partial charge in [0.05, 0.1) is 4.90 Å². The van der Waals surface area contributed by atoms with Crippen LogP contribution in [0.3, 0.4) is 0 Å². The van der Waals surface area contributed by atoms with Crippen LogP contribution in [-0.4, -0.2) is 17.1 Å². The first-order chi connectivity index (χ1) is 11.3. The predicted octanol–water partition coefficient (Wildman–Crippen LogP) is 5.61. The summed E-state index contributed by atoms with van der Waals surface area (Å²) in [4.78, 5) is 1.43. The van der Waals surface area contributed by atoms with Crippen molar-refractivity contribution in [2.45, 2.75) is 56.8 Å². The minimum Gasteiger partial charge on any atom is -0.406 e. The van der Waals surface area contributed by atoms with Crippen LogP contribution >= 0.6 is 11.3 Å². The van der Waals surface area contributed by atoms with Gasteiger partial charge in [0.15, 0.2) is 19.4 Å². The van der Waals surface area contributed by atoms with Crippen LogP contribution in [0, 0.1) is 0 Å². The van der Waals surface area contributed by atoms with Crippen molar-refractivity contribution in [3.8, 4) is 0 Å². The standard InChI is InChI=1S/C18H26O3S2Si/c1-5-6-7-14-8-10-15(11-9-14)18(21-24(2,3)4)17-12-16(13-22-17)23(19)20/h8-13,18H,5-7H2,1-4H3,(H,19,20). The molecular formula is C18H26O3S2Si. The summed E-state index contributed by atoms with van der Waals surface area (Å²) >= 11 is -0.462. The van der Waals surface area contributed by atoms with Crippen molar-refractivity contribution in [1.29, 1.82) is 0 Å². The van der Waals surface area contributed by atoms with E-state index in [4.69, 9.17) is 4.43 Å². The Bertz CT molecular complexity index is 674. The predicted molar refractivity (Wildman–Crippen MR) is 105 cm³/mol. The van der Waals surface area contributed by atoms with Gasteiger partial charge in [-0.25, -0.2) is 4.21 Å². The van der Waals surface area contributed by atoms with Gasteiger partial charge >= 0.3 is 0 Å². The average molecular weight is 383 g/mol. The van der Waals surface area contributed by atoms with Gasteiger partial charge in [-0.15, -0.1) is 11.3 Å². The number of benzene rings is 1. The van der Waals surface area contributed by atoms with Gasteiger partial charge in [-0.05, 0) is 49.7 Å². The summed E-state index contributed by atoms with van der Waals surface area (Å²) in [5.41, 5.74) is 2.45. The monoisotopic (exact) mass is 382 g/mol. The third-order valence-electron chi connectivity index (χ3n) is 3.63. The van der Waals surface area contributed by atoms with E-state index in [1.165, 1.54) is 29.7 Å². The Balaban J connectivity index is 2.29. The van der Waals surface area contributed by atoms with Gasteiger partial charge in [0.2, 0.25) is 0 Å². The van der Waals surface area contributed by atoms with Crippen LogP contribution < -0.4 is 0 Å². The molecule has 3 nitrogen and oxygen atoms in total. The van der Waals surface area contributed by atoms with Crippen molar-refractivity contribution in [1.82, 2.24) is 0 Å². The van der Waals surface area contributed by atoms with E-state index in [0.717, 1.165) is 16.9 Å². The Morgan fingerprint density at radius 2 is 1.92 bits per heavy atom. The summed E-state index contributed by atoms with van der Waals surface area (Å²) in [7, 11) is -1.77. The molecule has 0 fully saturated rings. The fourth-order valence-electron chi connectivity index (χ4n) is 2.45. The van der Waals surface area contributed by atoms with E-state index in [2.05, 4.69) is 50.8 Å². The van der Waals surface area contributed by atoms with E-state index in [1.54, 1.807) is 11.4 Å². The molecule has 1 aromatic carbocycles. The SMILES string of the molecule is CCCCc1ccc(C(O[Si](C)(C)C)c2cc(S(=O)O)cs2)cc1. The summed E-state index contributed by atoms with van der Waals surface area (Å²) in [5.74, 6) is 0. The number of hydrogen-bond acceptors (Lipinski definition) is 3. The first-order valence-corrected chi connectivity index (χ1v) is 13.7. The molecule has 2 aromatic rings. The van der Waals surface area contributed by atoms with Crippen molar-refractivity contribution >= 4 is 30.7 Å². The van der Waals surface area contributed by atoms with Gasteiger partial charge in [-0.1, -0.05) is 37.6 Å². The molecule has 0 aliphatic heterocycles. The van der Waals surface area contributed by atoms with Gasteiger partial charge in [0, 0.05) is 10.3 Å². The lowest BCUT2D eigenvalue weighted by Gasteiger charge is -2.26. The molecule has 2 unspecified atom stereocenters. The van der Waals surface area contributed by atoms with Gasteiger partial charge < -0.3 is 8.98 Å². The summed E-state index contributed by atoms with van der Waals surface area (Å²) in [5, 5.41) is 1.74. The van der Waals surface area contributed by atoms with Crippen LogP contribution in [0.4, 0.5) is 0 Å². The zero-order valence-corrected chi connectivity index (χ0v) is 17.4. The lowest BCUT2D eigenvalue weighted by Crippen LogP contribution is -2.28. The van der Waals surface area contributed by atoms with Crippen molar-refractivity contribution < 1.29 is 13.2 Å². The fraction of sp³-hybridized carbons (Fsp3) is 0.444. The van der Waals surface area contributed by atoms with Crippen molar-refractivity contribution in [3.05, 3.63) is 51.7 Å². The fourth-order valence-corrected chi connectivity index (χ4v) is 5.10. The number of rotatable bonds is 8. The molecule has 0 bridgehead atoms. The minimum absolute atomic E-state index is 0.167. The van der Waals surface area contributed by atoms with Crippen molar-refractivity contribution in [3.63, 3.8) is 0 Å². The Labute approximate surface area is 152 Å². The highest BCUT2D eigenvalue weighted by Crippen LogP contribution is 2.34. The topological polar surface area (TPSA) is 46.5 Å². The Morgan fingerprint density at radius 3 is 2.42 bits per heavy atom. The van der Waals surface area contributed by atoms with Gasteiger partial charge in [-0.3, -0.25) is 0 Å². The van der Waals surface area contributed by atoms with Gasteiger partial charge in [-0.2, -0.15) is 0 Å². The molecule has 0 radical (unpaired) electrons. The number of aryl methyl sites for hydroxylation is 1. The lowest BCUT2D eigenvalue weighted by molar-refractivity contribution is 0.243. The van der Waals surface area contributed by atoms with Gasteiger partial charge in [0.1, 0.15) is 6.10 Å². The third-order valence-corrected chi connectivity index (χ3v) is 6.34. The van der Waals surface area contributed by atoms with Crippen LogP contribution in [0.2, 0.25) is 19.6 Å². The van der Waals surface area contributed by atoms with Crippen LogP contribution in [-0.2, 0) is 21.9 Å². The van der Waals surface area contributed by atoms with E-state index >= 15 is 0 Å². The highest BCUT2D eigenvalue weighted by atomic mass is 32.2. The maximum atomic E-state index is 11.3. The molecule has 0 aliphatic carbocycles. The third kappa shape index (κ3) is 5.63. The molecule has 24 heavy (non-hydrogen) atoms. The van der Waals surface area contributed by atoms with Crippen LogP contribution in [0.15, 0.2) is 40.6 Å². The molecule has 0 amide bonds. The maximum Gasteiger partial charge on any atom is 0.187 e. The number of unbranched alkanes of at least 4 members (excludes halogenated alkanes) is 1. The van der Waals surface area contributed by atoms with E-state index < -0.39 is 19.4 Å². The number of thiophene rings is 1. The Kier molecular flexibility index (Phi) is 6.95. The number of hydrogen-bond donors (Lipinski definition) is 1. The second-order valence-electron chi connectivity index (χ2n) is 6.89. The molecule has 0 saturated heterocycles. The van der Waals surface area contributed by atoms with E-state index in [-0.39, 0.29) is 6.10 Å². The molecule has 0 spiro atoms. The van der Waals surface area contributed by atoms with E-state index in [9.17, 15) is 8.76 Å². The van der Waals surface area contributed by atoms with E-state index in [1.807, 2.05) is 0 Å². The molecule has 1 heterocycles. The molecule has 0 saturated carbocycles. The molecular weight excluding hydrogens is 356 g/mol. The zero-order chi connectivity index (χ0) is 17.7. The normalized spacial score (nSPS) is 14.5. The molecule has 1 N–H and O–H groups in total. The van der Waals surface area contributed by atoms with Crippen LogP contribution in [0.1, 0.15) is 41.9 Å². The summed E-state index contributed by atoms with van der Waals surface area (Å²) < 4.78 is 27.0. The molecule has 132 valence electrons. The summed E-state index contributed by atoms with van der Waals surface area (Å²) in [6.07, 6.45) is 3.33. The summed E-state index contributed by atoms with van der Waals surface area (Å²) in [6.45, 7) is 8.68. The maximum absolute atomic E-state index is 11.3. The second-order valence-corrected chi connectivity index (χ2v) is 13.3. The quantitative estimate of drug-likeness (QED) is 0.476. The first-order valence-electron chi connectivity index (χ1n) is 8.26. The molecule has 6 heteroatoms. The van der Waals surface area contributed by atoms with Crippen molar-refractivity contribution in [2.24, 2.45) is 0 Å². The lowest BCUT2D eigenvalue weighted by atomic mass is 10.0. The van der Waals surface area contributed by atoms with Gasteiger partial charge in [0.25, 0.3) is 0 Å². The molecule has 2 atom stereocenters. The van der Waals surface area contributed by atoms with Crippen LogP contribution in [0.5, 0.6) is 0 Å². The molecule has 1 aromatic heterocycles. The molecule has 2 rings (SSSR count).